The van der Waals surface area contributed by atoms with E-state index in [-0.39, 0.29) is 0 Å². The lowest BCUT2D eigenvalue weighted by Crippen LogP contribution is -1.95. The molecule has 4 nitrogen and oxygen atoms in total. The van der Waals surface area contributed by atoms with Gasteiger partial charge in [-0.2, -0.15) is 0 Å². The lowest BCUT2D eigenvalue weighted by molar-refractivity contribution is -0.120. The number of carbonyl (C=O) groups excluding carboxylic acids is 1. The van der Waals surface area contributed by atoms with Gasteiger partial charge in [-0.1, -0.05) is 6.07 Å². The minimum Gasteiger partial charge on any atom is -0.496 e. The van der Waals surface area contributed by atoms with E-state index in [1.165, 1.54) is 0 Å². The Hall–Kier alpha value is -1.88. The zero-order chi connectivity index (χ0) is 13.8. The molecule has 0 bridgehead atoms. The molecule has 2 aromatic rings. The van der Waals surface area contributed by atoms with Gasteiger partial charge in [-0.25, -0.2) is 4.98 Å². The summed E-state index contributed by atoms with van der Waals surface area (Å²) < 4.78 is 10.8. The molecule has 0 saturated carbocycles. The molecule has 0 unspecified atom stereocenters. The van der Waals surface area contributed by atoms with Gasteiger partial charge in [-0.15, -0.1) is 0 Å². The maximum absolute atomic E-state index is 10.3. The Labute approximate surface area is 119 Å². The molecule has 0 radical (unpaired) electrons. The van der Waals surface area contributed by atoms with E-state index >= 15 is 0 Å². The van der Waals surface area contributed by atoms with Crippen LogP contribution in [0.5, 0.6) is 11.6 Å². The van der Waals surface area contributed by atoms with Crippen molar-refractivity contribution in [3.8, 4) is 22.8 Å². The topological polar surface area (TPSA) is 48.4 Å². The fourth-order valence-electron chi connectivity index (χ4n) is 1.79. The number of aromatic nitrogens is 1. The Morgan fingerprint density at radius 3 is 2.63 bits per heavy atom. The van der Waals surface area contributed by atoms with Gasteiger partial charge in [-0.05, 0) is 46.6 Å². The number of nitrogens with zero attached hydrogens (tertiary/aromatic N) is 1. The molecule has 1 aromatic carbocycles. The van der Waals surface area contributed by atoms with Gasteiger partial charge >= 0.3 is 0 Å². The third-order valence-electron chi connectivity index (χ3n) is 2.69. The fraction of sp³-hybridized carbons (Fsp3) is 0.143. The van der Waals surface area contributed by atoms with Gasteiger partial charge in [0.05, 0.1) is 11.6 Å². The third-order valence-corrected chi connectivity index (χ3v) is 3.31. The van der Waals surface area contributed by atoms with Crippen LogP contribution in [0.1, 0.15) is 5.69 Å². The number of methoxy groups -OCH3 is 1. The Balaban J connectivity index is 2.41. The van der Waals surface area contributed by atoms with Crippen molar-refractivity contribution in [1.29, 1.82) is 0 Å². The van der Waals surface area contributed by atoms with E-state index in [1.807, 2.05) is 31.2 Å². The molecule has 0 N–H and O–H groups in total. The van der Waals surface area contributed by atoms with Gasteiger partial charge in [0.25, 0.3) is 6.47 Å². The summed E-state index contributed by atoms with van der Waals surface area (Å²) in [5, 5.41) is 0. The number of hydrogen-bond acceptors (Lipinski definition) is 4. The number of halogens is 1. The number of pyridine rings is 1. The maximum atomic E-state index is 10.3. The number of aryl methyl sites for hydroxylation is 1. The summed E-state index contributed by atoms with van der Waals surface area (Å²) in [4.78, 5) is 14.5. The van der Waals surface area contributed by atoms with Crippen LogP contribution in [0.25, 0.3) is 11.1 Å². The second-order valence-electron chi connectivity index (χ2n) is 3.85. The molecule has 2 rings (SSSR count). The van der Waals surface area contributed by atoms with Crippen LogP contribution in [0.15, 0.2) is 34.8 Å². The molecule has 0 spiro atoms. The second kappa shape index (κ2) is 5.84. The lowest BCUT2D eigenvalue weighted by atomic mass is 10.0. The molecule has 0 saturated heterocycles. The standard InChI is InChI=1S/C14H12BrNO3/c1-9-11(4-6-14(16-9)19-8-17)10-3-5-13(18-2)12(15)7-10/h3-8H,1-2H3. The van der Waals surface area contributed by atoms with Crippen LogP contribution in [0.3, 0.4) is 0 Å². The zero-order valence-corrected chi connectivity index (χ0v) is 12.1. The van der Waals surface area contributed by atoms with Gasteiger partial charge in [0, 0.05) is 17.3 Å². The second-order valence-corrected chi connectivity index (χ2v) is 4.70. The molecule has 1 aromatic heterocycles. The Bertz CT molecular complexity index is 614. The first-order valence-electron chi connectivity index (χ1n) is 5.57. The smallest absolute Gasteiger partial charge is 0.299 e. The van der Waals surface area contributed by atoms with Crippen LogP contribution in [0, 0.1) is 6.92 Å². The highest BCUT2D eigenvalue weighted by Crippen LogP contribution is 2.32. The van der Waals surface area contributed by atoms with E-state index in [1.54, 1.807) is 13.2 Å². The van der Waals surface area contributed by atoms with E-state index < -0.39 is 0 Å². The van der Waals surface area contributed by atoms with Crippen LogP contribution in [0.2, 0.25) is 0 Å². The summed E-state index contributed by atoms with van der Waals surface area (Å²) in [5.74, 6) is 1.07. The number of benzene rings is 1. The minimum atomic E-state index is 0.295. The summed E-state index contributed by atoms with van der Waals surface area (Å²) in [6.45, 7) is 2.23. The molecule has 98 valence electrons. The predicted octanol–water partition coefficient (Wildman–Crippen LogP) is 3.36. The van der Waals surface area contributed by atoms with Crippen molar-refractivity contribution in [2.75, 3.05) is 7.11 Å². The average molecular weight is 322 g/mol. The van der Waals surface area contributed by atoms with Crippen LogP contribution >= 0.6 is 15.9 Å². The predicted molar refractivity (Wildman–Crippen MR) is 75.4 cm³/mol. The summed E-state index contributed by atoms with van der Waals surface area (Å²) in [5.41, 5.74) is 2.77. The van der Waals surface area contributed by atoms with Crippen LogP contribution < -0.4 is 9.47 Å². The lowest BCUT2D eigenvalue weighted by Gasteiger charge is -2.09. The van der Waals surface area contributed by atoms with Crippen molar-refractivity contribution in [3.63, 3.8) is 0 Å². The molecule has 0 atom stereocenters. The van der Waals surface area contributed by atoms with Crippen molar-refractivity contribution in [3.05, 3.63) is 40.5 Å². The van der Waals surface area contributed by atoms with Gasteiger partial charge in [0.15, 0.2) is 0 Å². The first kappa shape index (κ1) is 13.5. The van der Waals surface area contributed by atoms with Gasteiger partial charge < -0.3 is 9.47 Å². The highest BCUT2D eigenvalue weighted by Gasteiger charge is 2.08. The van der Waals surface area contributed by atoms with Crippen molar-refractivity contribution in [2.24, 2.45) is 0 Å². The quantitative estimate of drug-likeness (QED) is 0.810. The van der Waals surface area contributed by atoms with E-state index in [2.05, 4.69) is 20.9 Å². The molecular weight excluding hydrogens is 310 g/mol. The van der Waals surface area contributed by atoms with Gasteiger partial charge in [0.2, 0.25) is 5.88 Å². The summed E-state index contributed by atoms with van der Waals surface area (Å²) in [7, 11) is 1.62. The van der Waals surface area contributed by atoms with E-state index in [4.69, 9.17) is 9.47 Å². The van der Waals surface area contributed by atoms with Crippen LogP contribution in [-0.2, 0) is 4.79 Å². The van der Waals surface area contributed by atoms with Gasteiger partial charge in [0.1, 0.15) is 5.75 Å². The van der Waals surface area contributed by atoms with E-state index in [0.29, 0.717) is 12.4 Å². The summed E-state index contributed by atoms with van der Waals surface area (Å²) >= 11 is 3.45. The van der Waals surface area contributed by atoms with Crippen molar-refractivity contribution >= 4 is 22.4 Å². The molecule has 0 amide bonds. The van der Waals surface area contributed by atoms with Crippen molar-refractivity contribution in [1.82, 2.24) is 4.98 Å². The summed E-state index contributed by atoms with van der Waals surface area (Å²) in [6, 6.07) is 9.33. The van der Waals surface area contributed by atoms with E-state index in [0.717, 1.165) is 27.0 Å². The first-order chi connectivity index (χ1) is 9.15. The average Bonchev–Trinajstić information content (AvgIpc) is 2.39. The fourth-order valence-corrected chi connectivity index (χ4v) is 2.33. The Morgan fingerprint density at radius 1 is 1.26 bits per heavy atom. The molecular formula is C14H12BrNO3. The SMILES string of the molecule is COc1ccc(-c2ccc(OC=O)nc2C)cc1Br. The molecule has 1 heterocycles. The molecule has 0 fully saturated rings. The van der Waals surface area contributed by atoms with Crippen LogP contribution in [0.4, 0.5) is 0 Å². The Kier molecular flexibility index (Phi) is 4.16. The third kappa shape index (κ3) is 2.93. The summed E-state index contributed by atoms with van der Waals surface area (Å²) in [6.07, 6.45) is 0. The molecule has 0 aliphatic heterocycles. The molecule has 0 aliphatic carbocycles. The molecule has 19 heavy (non-hydrogen) atoms. The normalized spacial score (nSPS) is 10.1. The van der Waals surface area contributed by atoms with E-state index in [9.17, 15) is 4.79 Å². The maximum Gasteiger partial charge on any atom is 0.299 e. The zero-order valence-electron chi connectivity index (χ0n) is 10.5. The van der Waals surface area contributed by atoms with Crippen LogP contribution in [-0.4, -0.2) is 18.6 Å². The Morgan fingerprint density at radius 2 is 2.05 bits per heavy atom. The number of hydrogen-bond donors (Lipinski definition) is 0. The number of rotatable bonds is 4. The highest BCUT2D eigenvalue weighted by atomic mass is 79.9. The van der Waals surface area contributed by atoms with Crippen molar-refractivity contribution < 1.29 is 14.3 Å². The van der Waals surface area contributed by atoms with Crippen molar-refractivity contribution in [2.45, 2.75) is 6.92 Å². The largest absolute Gasteiger partial charge is 0.496 e. The minimum absolute atomic E-state index is 0.295. The monoisotopic (exact) mass is 321 g/mol. The molecule has 5 heteroatoms. The van der Waals surface area contributed by atoms with Gasteiger partial charge in [-0.3, -0.25) is 4.79 Å². The number of ether oxygens (including phenoxy) is 2. The molecule has 0 aliphatic rings. The first-order valence-corrected chi connectivity index (χ1v) is 6.37. The number of carbonyl (C=O) groups is 1. The highest BCUT2D eigenvalue weighted by molar-refractivity contribution is 9.10.